The van der Waals surface area contributed by atoms with Gasteiger partial charge in [-0.2, -0.15) is 0 Å². The van der Waals surface area contributed by atoms with E-state index in [9.17, 15) is 4.79 Å². The average molecular weight is 228 g/mol. The topological polar surface area (TPSA) is 55.1 Å². The summed E-state index contributed by atoms with van der Waals surface area (Å²) in [6.07, 6.45) is 3.86. The van der Waals surface area contributed by atoms with Crippen molar-refractivity contribution in [1.82, 2.24) is 5.32 Å². The highest BCUT2D eigenvalue weighted by atomic mass is 16.1. The van der Waals surface area contributed by atoms with Crippen molar-refractivity contribution in [3.05, 3.63) is 0 Å². The monoisotopic (exact) mass is 228 g/mol. The van der Waals surface area contributed by atoms with Crippen LogP contribution in [0.2, 0.25) is 0 Å². The molecule has 16 heavy (non-hydrogen) atoms. The fourth-order valence-corrected chi connectivity index (χ4v) is 1.94. The molecule has 3 N–H and O–H groups in total. The molecular weight excluding hydrogens is 200 g/mol. The quantitative estimate of drug-likeness (QED) is 0.670. The van der Waals surface area contributed by atoms with Crippen LogP contribution >= 0.6 is 0 Å². The molecule has 0 saturated carbocycles. The van der Waals surface area contributed by atoms with E-state index in [1.165, 1.54) is 0 Å². The zero-order valence-corrected chi connectivity index (χ0v) is 11.3. The third-order valence-electron chi connectivity index (χ3n) is 3.93. The lowest BCUT2D eigenvalue weighted by molar-refractivity contribution is -0.125. The number of hydrogen-bond donors (Lipinski definition) is 2. The largest absolute Gasteiger partial charge is 0.355 e. The van der Waals surface area contributed by atoms with Crippen molar-refractivity contribution in [2.75, 3.05) is 13.1 Å². The molecule has 0 aromatic carbocycles. The third-order valence-corrected chi connectivity index (χ3v) is 3.93. The van der Waals surface area contributed by atoms with E-state index >= 15 is 0 Å². The van der Waals surface area contributed by atoms with E-state index in [4.69, 9.17) is 5.73 Å². The van der Waals surface area contributed by atoms with Gasteiger partial charge in [0.05, 0.1) is 0 Å². The van der Waals surface area contributed by atoms with Gasteiger partial charge in [0.15, 0.2) is 0 Å². The van der Waals surface area contributed by atoms with Gasteiger partial charge in [-0.3, -0.25) is 4.79 Å². The maximum absolute atomic E-state index is 11.8. The third kappa shape index (κ3) is 4.12. The van der Waals surface area contributed by atoms with Gasteiger partial charge in [-0.25, -0.2) is 0 Å². The minimum Gasteiger partial charge on any atom is -0.355 e. The summed E-state index contributed by atoms with van der Waals surface area (Å²) in [5.41, 5.74) is 5.89. The van der Waals surface area contributed by atoms with Crippen molar-refractivity contribution in [3.63, 3.8) is 0 Å². The van der Waals surface area contributed by atoms with Crippen LogP contribution < -0.4 is 11.1 Å². The first kappa shape index (κ1) is 15.4. The fourth-order valence-electron chi connectivity index (χ4n) is 1.94. The van der Waals surface area contributed by atoms with E-state index in [1.54, 1.807) is 0 Å². The van der Waals surface area contributed by atoms with E-state index in [-0.39, 0.29) is 17.2 Å². The smallest absolute Gasteiger partial charge is 0.223 e. The van der Waals surface area contributed by atoms with Crippen LogP contribution in [-0.2, 0) is 4.79 Å². The van der Waals surface area contributed by atoms with Crippen molar-refractivity contribution >= 4 is 5.91 Å². The summed E-state index contributed by atoms with van der Waals surface area (Å²) in [4.78, 5) is 11.8. The second-order valence-electron chi connectivity index (χ2n) is 4.64. The maximum Gasteiger partial charge on any atom is 0.223 e. The fraction of sp³-hybridized carbons (Fsp3) is 0.923. The Morgan fingerprint density at radius 3 is 2.00 bits per heavy atom. The lowest BCUT2D eigenvalue weighted by atomic mass is 9.82. The predicted octanol–water partition coefficient (Wildman–Crippen LogP) is 2.30. The molecule has 0 aliphatic rings. The van der Waals surface area contributed by atoms with Crippen LogP contribution in [0.15, 0.2) is 0 Å². The van der Waals surface area contributed by atoms with Crippen molar-refractivity contribution in [3.8, 4) is 0 Å². The number of amides is 1. The minimum absolute atomic E-state index is 0.0850. The molecule has 0 unspecified atom stereocenters. The van der Waals surface area contributed by atoms with Crippen LogP contribution in [-0.4, -0.2) is 19.0 Å². The van der Waals surface area contributed by atoms with Crippen LogP contribution in [0.5, 0.6) is 0 Å². The van der Waals surface area contributed by atoms with Crippen molar-refractivity contribution in [2.24, 2.45) is 17.1 Å². The number of rotatable bonds is 8. The molecule has 0 aliphatic carbocycles. The van der Waals surface area contributed by atoms with Crippen molar-refractivity contribution in [1.29, 1.82) is 0 Å². The molecule has 0 rings (SSSR count). The van der Waals surface area contributed by atoms with Gasteiger partial charge in [0, 0.05) is 12.5 Å². The molecule has 0 aromatic heterocycles. The number of hydrogen-bond acceptors (Lipinski definition) is 2. The summed E-state index contributed by atoms with van der Waals surface area (Å²) < 4.78 is 0. The van der Waals surface area contributed by atoms with Gasteiger partial charge in [-0.05, 0) is 37.6 Å². The Bertz CT molecular complexity index is 188. The first-order valence-corrected chi connectivity index (χ1v) is 6.56. The summed E-state index contributed by atoms with van der Waals surface area (Å²) in [5.74, 6) is 0.342. The van der Waals surface area contributed by atoms with Crippen LogP contribution in [0, 0.1) is 11.3 Å². The molecule has 1 amide bonds. The highest BCUT2D eigenvalue weighted by Crippen LogP contribution is 2.23. The Hall–Kier alpha value is -0.570. The van der Waals surface area contributed by atoms with E-state index in [0.717, 1.165) is 25.7 Å². The second kappa shape index (κ2) is 7.66. The van der Waals surface area contributed by atoms with Crippen molar-refractivity contribution in [2.45, 2.75) is 53.4 Å². The molecule has 3 nitrogen and oxygen atoms in total. The minimum atomic E-state index is 0.0850. The Balaban J connectivity index is 4.25. The zero-order valence-electron chi connectivity index (χ0n) is 11.3. The Morgan fingerprint density at radius 1 is 1.19 bits per heavy atom. The summed E-state index contributed by atoms with van der Waals surface area (Å²) >= 11 is 0. The van der Waals surface area contributed by atoms with Crippen LogP contribution in [0.1, 0.15) is 53.4 Å². The van der Waals surface area contributed by atoms with Gasteiger partial charge in [-0.1, -0.05) is 27.7 Å². The van der Waals surface area contributed by atoms with Crippen LogP contribution in [0.25, 0.3) is 0 Å². The van der Waals surface area contributed by atoms with Crippen LogP contribution in [0.4, 0.5) is 0 Å². The van der Waals surface area contributed by atoms with Gasteiger partial charge in [0.25, 0.3) is 0 Å². The second-order valence-corrected chi connectivity index (χ2v) is 4.64. The lowest BCUT2D eigenvalue weighted by Crippen LogP contribution is -2.43. The summed E-state index contributed by atoms with van der Waals surface area (Å²) in [6.45, 7) is 9.75. The Labute approximate surface area is 100 Å². The molecule has 0 heterocycles. The first-order chi connectivity index (χ1) is 7.59. The average Bonchev–Trinajstić information content (AvgIpc) is 2.33. The first-order valence-electron chi connectivity index (χ1n) is 6.56. The normalized spacial score (nSPS) is 11.9. The van der Waals surface area contributed by atoms with Gasteiger partial charge >= 0.3 is 0 Å². The molecular formula is C13H28N2O. The molecule has 0 aromatic rings. The number of carbonyl (C=O) groups excluding carboxylic acids is 1. The molecule has 0 saturated heterocycles. The maximum atomic E-state index is 11.8. The summed E-state index contributed by atoms with van der Waals surface area (Å²) in [6, 6.07) is 0. The van der Waals surface area contributed by atoms with E-state index in [2.05, 4.69) is 33.0 Å². The number of nitrogens with one attached hydrogen (secondary N) is 1. The SMILES string of the molecule is CCC(CC)C(=O)NCC(CC)(CC)CN. The van der Waals surface area contributed by atoms with Crippen LogP contribution in [0.3, 0.4) is 0 Å². The van der Waals surface area contributed by atoms with E-state index < -0.39 is 0 Å². The van der Waals surface area contributed by atoms with Gasteiger partial charge in [0.2, 0.25) is 5.91 Å². The van der Waals surface area contributed by atoms with Gasteiger partial charge in [-0.15, -0.1) is 0 Å². The highest BCUT2D eigenvalue weighted by Gasteiger charge is 2.25. The van der Waals surface area contributed by atoms with Crippen molar-refractivity contribution < 1.29 is 4.79 Å². The van der Waals surface area contributed by atoms with E-state index in [0.29, 0.717) is 13.1 Å². The zero-order chi connectivity index (χ0) is 12.6. The van der Waals surface area contributed by atoms with E-state index in [1.807, 2.05) is 0 Å². The summed E-state index contributed by atoms with van der Waals surface area (Å²) in [5, 5.41) is 3.06. The summed E-state index contributed by atoms with van der Waals surface area (Å²) in [7, 11) is 0. The number of carbonyl (C=O) groups is 1. The standard InChI is InChI=1S/C13H28N2O/c1-5-11(6-2)12(16)15-10-13(7-3,8-4)9-14/h11H,5-10,14H2,1-4H3,(H,15,16). The molecule has 3 heteroatoms. The molecule has 0 radical (unpaired) electrons. The highest BCUT2D eigenvalue weighted by molar-refractivity contribution is 5.78. The molecule has 96 valence electrons. The molecule has 0 bridgehead atoms. The Morgan fingerprint density at radius 2 is 1.69 bits per heavy atom. The number of nitrogens with two attached hydrogens (primary N) is 1. The van der Waals surface area contributed by atoms with Gasteiger partial charge < -0.3 is 11.1 Å². The molecule has 0 spiro atoms. The lowest BCUT2D eigenvalue weighted by Gasteiger charge is -2.31. The van der Waals surface area contributed by atoms with Gasteiger partial charge in [0.1, 0.15) is 0 Å². The Kier molecular flexibility index (Phi) is 7.39. The predicted molar refractivity (Wildman–Crippen MR) is 69.2 cm³/mol. The molecule has 0 atom stereocenters. The molecule has 0 fully saturated rings. The molecule has 0 aliphatic heterocycles.